The van der Waals surface area contributed by atoms with Crippen LogP contribution in [0, 0.1) is 12.3 Å². The van der Waals surface area contributed by atoms with Gasteiger partial charge >= 0.3 is 0 Å². The fraction of sp³-hybridized carbons (Fsp3) is 0.182. The predicted molar refractivity (Wildman–Crippen MR) is 57.2 cm³/mol. The molecule has 0 radical (unpaired) electrons. The second kappa shape index (κ2) is 5.31. The van der Waals surface area contributed by atoms with E-state index in [1.807, 2.05) is 6.07 Å². The number of hydrogen-bond donors (Lipinski definition) is 1. The maximum atomic E-state index is 11.4. The van der Waals surface area contributed by atoms with Crippen LogP contribution in [0.3, 0.4) is 0 Å². The Bertz CT molecular complexity index is 368. The minimum Gasteiger partial charge on any atom is -0.341 e. The molecular formula is C11H10ClNO. The van der Waals surface area contributed by atoms with Gasteiger partial charge in [-0.15, -0.1) is 18.0 Å². The lowest BCUT2D eigenvalue weighted by molar-refractivity contribution is 0.0958. The summed E-state index contributed by atoms with van der Waals surface area (Å²) in [4.78, 5) is 11.4. The number of terminal acetylenes is 1. The third kappa shape index (κ3) is 2.79. The Morgan fingerprint density at radius 2 is 2.36 bits per heavy atom. The Labute approximate surface area is 88.3 Å². The van der Waals surface area contributed by atoms with Gasteiger partial charge in [0.25, 0.3) is 5.91 Å². The number of halogens is 1. The molecule has 0 spiro atoms. The Hall–Kier alpha value is -1.46. The molecule has 0 unspecified atom stereocenters. The van der Waals surface area contributed by atoms with Crippen LogP contribution in [0.15, 0.2) is 24.3 Å². The molecule has 0 atom stereocenters. The van der Waals surface area contributed by atoms with Gasteiger partial charge in [-0.05, 0) is 17.7 Å². The summed E-state index contributed by atoms with van der Waals surface area (Å²) in [5.41, 5.74) is 1.50. The van der Waals surface area contributed by atoms with E-state index < -0.39 is 0 Å². The first-order valence-electron chi connectivity index (χ1n) is 4.14. The Kier molecular flexibility index (Phi) is 4.03. The van der Waals surface area contributed by atoms with Crippen molar-refractivity contribution < 1.29 is 4.79 Å². The van der Waals surface area contributed by atoms with Gasteiger partial charge in [-0.2, -0.15) is 0 Å². The van der Waals surface area contributed by atoms with Crippen LogP contribution in [-0.2, 0) is 5.88 Å². The summed E-state index contributed by atoms with van der Waals surface area (Å²) in [5, 5.41) is 2.58. The van der Waals surface area contributed by atoms with Crippen LogP contribution in [0.5, 0.6) is 0 Å². The molecule has 1 aromatic carbocycles. The second-order valence-corrected chi connectivity index (χ2v) is 2.99. The van der Waals surface area contributed by atoms with Crippen molar-refractivity contribution in [2.45, 2.75) is 5.88 Å². The van der Waals surface area contributed by atoms with Crippen LogP contribution in [0.25, 0.3) is 0 Å². The number of rotatable bonds is 3. The largest absolute Gasteiger partial charge is 0.341 e. The van der Waals surface area contributed by atoms with E-state index in [4.69, 9.17) is 18.0 Å². The summed E-state index contributed by atoms with van der Waals surface area (Å²) in [6, 6.07) is 7.13. The number of amides is 1. The average Bonchev–Trinajstić information content (AvgIpc) is 2.26. The molecule has 1 rings (SSSR count). The highest BCUT2D eigenvalue weighted by atomic mass is 35.5. The second-order valence-electron chi connectivity index (χ2n) is 2.72. The highest BCUT2D eigenvalue weighted by molar-refractivity contribution is 6.17. The highest BCUT2D eigenvalue weighted by Crippen LogP contribution is 2.07. The normalized spacial score (nSPS) is 9.14. The van der Waals surface area contributed by atoms with Gasteiger partial charge in [-0.3, -0.25) is 4.79 Å². The predicted octanol–water partition coefficient (Wildman–Crippen LogP) is 1.79. The number of benzene rings is 1. The van der Waals surface area contributed by atoms with Crippen molar-refractivity contribution in [2.24, 2.45) is 0 Å². The van der Waals surface area contributed by atoms with Gasteiger partial charge in [-0.1, -0.05) is 18.1 Å². The van der Waals surface area contributed by atoms with Crippen molar-refractivity contribution in [2.75, 3.05) is 6.54 Å². The highest BCUT2D eigenvalue weighted by Gasteiger charge is 2.03. The first kappa shape index (κ1) is 10.6. The lowest BCUT2D eigenvalue weighted by atomic mass is 10.1. The van der Waals surface area contributed by atoms with Gasteiger partial charge in [0.15, 0.2) is 0 Å². The molecule has 0 saturated carbocycles. The first-order chi connectivity index (χ1) is 6.77. The van der Waals surface area contributed by atoms with E-state index in [1.165, 1.54) is 0 Å². The summed E-state index contributed by atoms with van der Waals surface area (Å²) < 4.78 is 0. The summed E-state index contributed by atoms with van der Waals surface area (Å²) in [6.07, 6.45) is 5.03. The Morgan fingerprint density at radius 3 is 3.00 bits per heavy atom. The van der Waals surface area contributed by atoms with Crippen molar-refractivity contribution in [1.29, 1.82) is 0 Å². The van der Waals surface area contributed by atoms with E-state index >= 15 is 0 Å². The quantitative estimate of drug-likeness (QED) is 0.594. The molecule has 1 N–H and O–H groups in total. The summed E-state index contributed by atoms with van der Waals surface area (Å²) in [6.45, 7) is 0.240. The van der Waals surface area contributed by atoms with E-state index in [2.05, 4.69) is 11.2 Å². The minimum atomic E-state index is -0.171. The molecule has 72 valence electrons. The van der Waals surface area contributed by atoms with Crippen LogP contribution < -0.4 is 5.32 Å². The molecule has 0 bridgehead atoms. The summed E-state index contributed by atoms with van der Waals surface area (Å²) in [7, 11) is 0. The van der Waals surface area contributed by atoms with Gasteiger partial charge in [0.05, 0.1) is 6.54 Å². The fourth-order valence-electron chi connectivity index (χ4n) is 1.03. The zero-order valence-electron chi connectivity index (χ0n) is 7.59. The molecule has 0 aliphatic carbocycles. The molecule has 0 saturated heterocycles. The number of hydrogen-bond acceptors (Lipinski definition) is 1. The molecular weight excluding hydrogens is 198 g/mol. The van der Waals surface area contributed by atoms with E-state index in [1.54, 1.807) is 18.2 Å². The van der Waals surface area contributed by atoms with Gasteiger partial charge in [0.2, 0.25) is 0 Å². The molecule has 0 aromatic heterocycles. The molecule has 1 amide bonds. The number of alkyl halides is 1. The van der Waals surface area contributed by atoms with Crippen molar-refractivity contribution in [3.63, 3.8) is 0 Å². The lowest BCUT2D eigenvalue weighted by Gasteiger charge is -2.02. The molecule has 0 aliphatic rings. The van der Waals surface area contributed by atoms with Crippen LogP contribution in [0.4, 0.5) is 0 Å². The maximum absolute atomic E-state index is 11.4. The standard InChI is InChI=1S/C11H10ClNO/c1-2-6-13-11(14)10-5-3-4-9(7-10)8-12/h1,3-5,7H,6,8H2,(H,13,14). The summed E-state index contributed by atoms with van der Waals surface area (Å²) >= 11 is 5.64. The molecule has 3 heteroatoms. The van der Waals surface area contributed by atoms with Crippen molar-refractivity contribution in [1.82, 2.24) is 5.32 Å². The topological polar surface area (TPSA) is 29.1 Å². The number of nitrogens with one attached hydrogen (secondary N) is 1. The van der Waals surface area contributed by atoms with Crippen LogP contribution in [0.1, 0.15) is 15.9 Å². The van der Waals surface area contributed by atoms with Gasteiger partial charge in [0, 0.05) is 11.4 Å². The van der Waals surface area contributed by atoms with E-state index in [9.17, 15) is 4.79 Å². The van der Waals surface area contributed by atoms with Crippen LogP contribution in [0.2, 0.25) is 0 Å². The Balaban J connectivity index is 2.75. The molecule has 0 aliphatic heterocycles. The molecule has 0 fully saturated rings. The van der Waals surface area contributed by atoms with E-state index in [0.717, 1.165) is 5.56 Å². The monoisotopic (exact) mass is 207 g/mol. The first-order valence-corrected chi connectivity index (χ1v) is 4.68. The Morgan fingerprint density at radius 1 is 1.57 bits per heavy atom. The van der Waals surface area contributed by atoms with Crippen molar-refractivity contribution in [3.8, 4) is 12.3 Å². The van der Waals surface area contributed by atoms with Crippen LogP contribution in [-0.4, -0.2) is 12.5 Å². The molecule has 1 aromatic rings. The zero-order valence-corrected chi connectivity index (χ0v) is 8.34. The van der Waals surface area contributed by atoms with Gasteiger partial charge in [0.1, 0.15) is 0 Å². The average molecular weight is 208 g/mol. The SMILES string of the molecule is C#CCNC(=O)c1cccc(CCl)c1. The fourth-order valence-corrected chi connectivity index (χ4v) is 1.20. The van der Waals surface area contributed by atoms with Gasteiger partial charge in [-0.25, -0.2) is 0 Å². The minimum absolute atomic E-state index is 0.171. The molecule has 0 heterocycles. The van der Waals surface area contributed by atoms with Crippen LogP contribution >= 0.6 is 11.6 Å². The van der Waals surface area contributed by atoms with E-state index in [0.29, 0.717) is 11.4 Å². The van der Waals surface area contributed by atoms with Gasteiger partial charge < -0.3 is 5.32 Å². The number of carbonyl (C=O) groups is 1. The van der Waals surface area contributed by atoms with Crippen molar-refractivity contribution in [3.05, 3.63) is 35.4 Å². The zero-order chi connectivity index (χ0) is 10.4. The summed E-state index contributed by atoms with van der Waals surface area (Å²) in [5.74, 6) is 2.57. The maximum Gasteiger partial charge on any atom is 0.252 e. The van der Waals surface area contributed by atoms with E-state index in [-0.39, 0.29) is 12.5 Å². The molecule has 14 heavy (non-hydrogen) atoms. The third-order valence-electron chi connectivity index (χ3n) is 1.69. The third-order valence-corrected chi connectivity index (χ3v) is 2.00. The molecule has 2 nitrogen and oxygen atoms in total. The lowest BCUT2D eigenvalue weighted by Crippen LogP contribution is -2.23. The number of carbonyl (C=O) groups excluding carboxylic acids is 1. The smallest absolute Gasteiger partial charge is 0.252 e. The van der Waals surface area contributed by atoms with Crippen molar-refractivity contribution >= 4 is 17.5 Å².